The first kappa shape index (κ1) is 18.5. The second-order valence-electron chi connectivity index (χ2n) is 7.96. The molecule has 0 radical (unpaired) electrons. The van der Waals surface area contributed by atoms with E-state index < -0.39 is 0 Å². The normalized spacial score (nSPS) is 27.8. The van der Waals surface area contributed by atoms with Gasteiger partial charge < -0.3 is 15.5 Å². The fourth-order valence-corrected chi connectivity index (χ4v) is 5.41. The molecule has 0 bridgehead atoms. The van der Waals surface area contributed by atoms with Crippen molar-refractivity contribution < 1.29 is 14.4 Å². The van der Waals surface area contributed by atoms with Crippen molar-refractivity contribution in [3.8, 4) is 0 Å². The maximum Gasteiger partial charge on any atom is 0.246 e. The van der Waals surface area contributed by atoms with Gasteiger partial charge in [0, 0.05) is 30.7 Å². The number of likely N-dealkylation sites (tertiary alicyclic amines) is 1. The number of primary amides is 1. The van der Waals surface area contributed by atoms with Crippen molar-refractivity contribution in [3.05, 3.63) is 0 Å². The number of amides is 3. The molecule has 140 valence electrons. The molecule has 3 aliphatic rings. The summed E-state index contributed by atoms with van der Waals surface area (Å²) in [5.41, 5.74) is 5.38. The molecule has 25 heavy (non-hydrogen) atoms. The molecule has 7 heteroatoms. The zero-order valence-corrected chi connectivity index (χ0v) is 16.0. The molecule has 3 rings (SSSR count). The van der Waals surface area contributed by atoms with Gasteiger partial charge >= 0.3 is 0 Å². The maximum absolute atomic E-state index is 13.1. The molecule has 1 saturated carbocycles. The molecule has 6 nitrogen and oxygen atoms in total. The lowest BCUT2D eigenvalue weighted by molar-refractivity contribution is -0.147. The quantitative estimate of drug-likeness (QED) is 0.797. The minimum atomic E-state index is -0.341. The lowest BCUT2D eigenvalue weighted by Crippen LogP contribution is -2.53. The van der Waals surface area contributed by atoms with E-state index in [9.17, 15) is 14.4 Å². The van der Waals surface area contributed by atoms with Crippen LogP contribution in [0.3, 0.4) is 0 Å². The number of carbonyl (C=O) groups excluding carboxylic acids is 3. The van der Waals surface area contributed by atoms with E-state index in [0.717, 1.165) is 19.3 Å². The third-order valence-corrected chi connectivity index (χ3v) is 6.75. The number of nitrogens with two attached hydrogens (primary N) is 1. The lowest BCUT2D eigenvalue weighted by atomic mass is 9.96. The van der Waals surface area contributed by atoms with Gasteiger partial charge in [-0.25, -0.2) is 0 Å². The molecule has 2 heterocycles. The van der Waals surface area contributed by atoms with Crippen LogP contribution < -0.4 is 5.73 Å². The number of hydrogen-bond acceptors (Lipinski definition) is 4. The standard InChI is InChI=1S/C18H29N3O3S/c1-11(2)9-15-21(17(23)13-3-4-13)14(10-25-15)18(24)20-7-5-12(6-8-20)16(19)22/h11-15H,3-10H2,1-2H3,(H2,19,22). The van der Waals surface area contributed by atoms with Crippen LogP contribution in [0.4, 0.5) is 0 Å². The Labute approximate surface area is 153 Å². The summed E-state index contributed by atoms with van der Waals surface area (Å²) in [7, 11) is 0. The first-order valence-electron chi connectivity index (χ1n) is 9.40. The third kappa shape index (κ3) is 4.13. The van der Waals surface area contributed by atoms with E-state index in [2.05, 4.69) is 13.8 Å². The predicted octanol–water partition coefficient (Wildman–Crippen LogP) is 1.44. The molecule has 2 saturated heterocycles. The summed E-state index contributed by atoms with van der Waals surface area (Å²) in [6.45, 7) is 5.44. The Hall–Kier alpha value is -1.24. The summed E-state index contributed by atoms with van der Waals surface area (Å²) in [5, 5.41) is 0.116. The largest absolute Gasteiger partial charge is 0.369 e. The average molecular weight is 368 g/mol. The molecule has 1 aliphatic carbocycles. The number of hydrogen-bond donors (Lipinski definition) is 1. The summed E-state index contributed by atoms with van der Waals surface area (Å²) in [6, 6.07) is -0.341. The van der Waals surface area contributed by atoms with Crippen molar-refractivity contribution in [2.45, 2.75) is 57.4 Å². The molecular formula is C18H29N3O3S. The minimum Gasteiger partial charge on any atom is -0.369 e. The highest BCUT2D eigenvalue weighted by Crippen LogP contribution is 2.40. The Morgan fingerprint density at radius 3 is 2.20 bits per heavy atom. The van der Waals surface area contributed by atoms with Crippen LogP contribution in [0.5, 0.6) is 0 Å². The zero-order valence-electron chi connectivity index (χ0n) is 15.1. The number of nitrogens with zero attached hydrogens (tertiary/aromatic N) is 2. The number of thioether (sulfide) groups is 1. The van der Waals surface area contributed by atoms with E-state index in [1.54, 1.807) is 11.8 Å². The van der Waals surface area contributed by atoms with Crippen molar-refractivity contribution in [2.24, 2.45) is 23.5 Å². The third-order valence-electron chi connectivity index (χ3n) is 5.44. The summed E-state index contributed by atoms with van der Waals surface area (Å²) in [4.78, 5) is 40.9. The highest BCUT2D eigenvalue weighted by atomic mass is 32.2. The van der Waals surface area contributed by atoms with Gasteiger partial charge in [0.2, 0.25) is 17.7 Å². The summed E-state index contributed by atoms with van der Waals surface area (Å²) < 4.78 is 0. The molecule has 3 amide bonds. The van der Waals surface area contributed by atoms with Crippen LogP contribution in [0, 0.1) is 17.8 Å². The Bertz CT molecular complexity index is 542. The van der Waals surface area contributed by atoms with E-state index in [1.165, 1.54) is 0 Å². The van der Waals surface area contributed by atoms with E-state index in [0.29, 0.717) is 37.6 Å². The monoisotopic (exact) mass is 367 g/mol. The molecule has 0 aromatic carbocycles. The SMILES string of the molecule is CC(C)CC1SCC(C(=O)N2CCC(C(N)=O)CC2)N1C(=O)C1CC1. The highest BCUT2D eigenvalue weighted by Gasteiger charge is 2.47. The predicted molar refractivity (Wildman–Crippen MR) is 97.6 cm³/mol. The first-order valence-corrected chi connectivity index (χ1v) is 10.4. The van der Waals surface area contributed by atoms with Crippen molar-refractivity contribution in [2.75, 3.05) is 18.8 Å². The van der Waals surface area contributed by atoms with Gasteiger partial charge in [-0.05, 0) is 38.0 Å². The fraction of sp³-hybridized carbons (Fsp3) is 0.833. The molecule has 3 fully saturated rings. The van der Waals surface area contributed by atoms with Crippen molar-refractivity contribution in [1.29, 1.82) is 0 Å². The second-order valence-corrected chi connectivity index (χ2v) is 9.17. The number of rotatable bonds is 5. The van der Waals surface area contributed by atoms with Crippen molar-refractivity contribution in [1.82, 2.24) is 9.80 Å². The highest BCUT2D eigenvalue weighted by molar-refractivity contribution is 8.00. The summed E-state index contributed by atoms with van der Waals surface area (Å²) in [5.74, 6) is 1.13. The van der Waals surface area contributed by atoms with Gasteiger partial charge in [-0.2, -0.15) is 0 Å². The molecule has 2 aliphatic heterocycles. The van der Waals surface area contributed by atoms with Crippen LogP contribution >= 0.6 is 11.8 Å². The van der Waals surface area contributed by atoms with Gasteiger partial charge in [0.05, 0.1) is 5.37 Å². The van der Waals surface area contributed by atoms with Crippen LogP contribution in [0.15, 0.2) is 0 Å². The smallest absolute Gasteiger partial charge is 0.246 e. The van der Waals surface area contributed by atoms with Crippen LogP contribution in [-0.4, -0.2) is 57.8 Å². The van der Waals surface area contributed by atoms with Gasteiger partial charge in [-0.1, -0.05) is 13.8 Å². The molecule has 0 aromatic heterocycles. The summed E-state index contributed by atoms with van der Waals surface area (Å²) in [6.07, 6.45) is 4.11. The average Bonchev–Trinajstić information content (AvgIpc) is 3.34. The Morgan fingerprint density at radius 2 is 1.68 bits per heavy atom. The molecule has 2 atom stereocenters. The summed E-state index contributed by atoms with van der Waals surface area (Å²) >= 11 is 1.74. The zero-order chi connectivity index (χ0) is 18.1. The molecule has 2 N–H and O–H groups in total. The molecular weight excluding hydrogens is 338 g/mol. The van der Waals surface area contributed by atoms with Crippen LogP contribution in [-0.2, 0) is 14.4 Å². The molecule has 0 spiro atoms. The van der Waals surface area contributed by atoms with Crippen LogP contribution in [0.25, 0.3) is 0 Å². The van der Waals surface area contributed by atoms with E-state index in [-0.39, 0.29) is 41.0 Å². The topological polar surface area (TPSA) is 83.7 Å². The second kappa shape index (κ2) is 7.56. The van der Waals surface area contributed by atoms with E-state index >= 15 is 0 Å². The van der Waals surface area contributed by atoms with E-state index in [4.69, 9.17) is 5.73 Å². The van der Waals surface area contributed by atoms with Crippen LogP contribution in [0.1, 0.15) is 46.0 Å². The van der Waals surface area contributed by atoms with Gasteiger partial charge in [0.25, 0.3) is 0 Å². The Morgan fingerprint density at radius 1 is 1.04 bits per heavy atom. The lowest BCUT2D eigenvalue weighted by Gasteiger charge is -2.36. The van der Waals surface area contributed by atoms with Gasteiger partial charge in [0.15, 0.2) is 0 Å². The van der Waals surface area contributed by atoms with E-state index in [1.807, 2.05) is 9.80 Å². The Balaban J connectivity index is 1.67. The number of piperidine rings is 1. The molecule has 0 aromatic rings. The molecule has 2 unspecified atom stereocenters. The van der Waals surface area contributed by atoms with Gasteiger partial charge in [0.1, 0.15) is 6.04 Å². The fourth-order valence-electron chi connectivity index (χ4n) is 3.77. The Kier molecular flexibility index (Phi) is 5.61. The van der Waals surface area contributed by atoms with Crippen LogP contribution in [0.2, 0.25) is 0 Å². The number of carbonyl (C=O) groups is 3. The van der Waals surface area contributed by atoms with Crippen molar-refractivity contribution >= 4 is 29.5 Å². The van der Waals surface area contributed by atoms with Gasteiger partial charge in [-0.15, -0.1) is 11.8 Å². The minimum absolute atomic E-state index is 0.0516. The van der Waals surface area contributed by atoms with Gasteiger partial charge in [-0.3, -0.25) is 14.4 Å². The first-order chi connectivity index (χ1) is 11.9. The van der Waals surface area contributed by atoms with Crippen molar-refractivity contribution in [3.63, 3.8) is 0 Å². The maximum atomic E-state index is 13.1.